The van der Waals surface area contributed by atoms with Crippen LogP contribution in [0.5, 0.6) is 0 Å². The number of anilines is 1. The molecule has 0 bridgehead atoms. The minimum absolute atomic E-state index is 0.108. The third-order valence-electron chi connectivity index (χ3n) is 3.08. The number of pyridine rings is 1. The van der Waals surface area contributed by atoms with Crippen LogP contribution in [0.3, 0.4) is 0 Å². The van der Waals surface area contributed by atoms with E-state index in [4.69, 9.17) is 0 Å². The van der Waals surface area contributed by atoms with Gasteiger partial charge < -0.3 is 10.1 Å². The smallest absolute Gasteiger partial charge is 0.356 e. The van der Waals surface area contributed by atoms with Gasteiger partial charge in [0.15, 0.2) is 0 Å². The van der Waals surface area contributed by atoms with E-state index in [1.165, 1.54) is 13.3 Å². The van der Waals surface area contributed by atoms with E-state index < -0.39 is 15.8 Å². The Bertz CT molecular complexity index is 557. The van der Waals surface area contributed by atoms with Crippen molar-refractivity contribution in [3.63, 3.8) is 0 Å². The summed E-state index contributed by atoms with van der Waals surface area (Å²) in [6.07, 6.45) is 2.69. The predicted octanol–water partition coefficient (Wildman–Crippen LogP) is 0.857. The van der Waals surface area contributed by atoms with E-state index in [1.54, 1.807) is 12.1 Å². The lowest BCUT2D eigenvalue weighted by Gasteiger charge is -2.24. The minimum Gasteiger partial charge on any atom is -0.464 e. The van der Waals surface area contributed by atoms with Crippen LogP contribution in [0.2, 0.25) is 0 Å². The fourth-order valence-electron chi connectivity index (χ4n) is 2.01. The molecule has 0 radical (unpaired) electrons. The average molecular weight is 284 g/mol. The Kier molecular flexibility index (Phi) is 4.04. The summed E-state index contributed by atoms with van der Waals surface area (Å²) in [5.41, 5.74) is 0.982. The normalized spacial score (nSPS) is 18.8. The van der Waals surface area contributed by atoms with E-state index in [1.807, 2.05) is 0 Å². The second-order valence-corrected chi connectivity index (χ2v) is 6.80. The van der Waals surface area contributed by atoms with E-state index >= 15 is 0 Å². The maximum atomic E-state index is 11.4. The maximum Gasteiger partial charge on any atom is 0.356 e. The molecule has 0 aliphatic carbocycles. The minimum atomic E-state index is -2.86. The topological polar surface area (TPSA) is 85.4 Å². The van der Waals surface area contributed by atoms with Gasteiger partial charge in [-0.15, -0.1) is 0 Å². The molecule has 0 spiro atoms. The van der Waals surface area contributed by atoms with Crippen molar-refractivity contribution in [3.8, 4) is 0 Å². The highest BCUT2D eigenvalue weighted by atomic mass is 32.2. The van der Waals surface area contributed by atoms with Gasteiger partial charge in [0.1, 0.15) is 15.5 Å². The molecule has 1 aliphatic rings. The number of ether oxygens (including phenoxy) is 1. The van der Waals surface area contributed by atoms with E-state index in [0.717, 1.165) is 5.69 Å². The number of nitrogens with zero attached hydrogens (tertiary/aromatic N) is 1. The molecule has 1 N–H and O–H groups in total. The van der Waals surface area contributed by atoms with Crippen molar-refractivity contribution in [1.29, 1.82) is 0 Å². The number of methoxy groups -OCH3 is 1. The summed E-state index contributed by atoms with van der Waals surface area (Å²) in [5.74, 6) is -0.0750. The lowest BCUT2D eigenvalue weighted by molar-refractivity contribution is 0.0594. The molecule has 7 heteroatoms. The van der Waals surface area contributed by atoms with Gasteiger partial charge >= 0.3 is 5.97 Å². The maximum absolute atomic E-state index is 11.4. The molecule has 0 amide bonds. The van der Waals surface area contributed by atoms with Gasteiger partial charge in [-0.2, -0.15) is 0 Å². The number of sulfone groups is 1. The first-order valence-corrected chi connectivity index (χ1v) is 7.83. The van der Waals surface area contributed by atoms with Crippen LogP contribution in [0.4, 0.5) is 5.69 Å². The van der Waals surface area contributed by atoms with Crippen LogP contribution in [0, 0.1) is 0 Å². The van der Waals surface area contributed by atoms with Crippen molar-refractivity contribution in [2.45, 2.75) is 18.9 Å². The van der Waals surface area contributed by atoms with E-state index in [-0.39, 0.29) is 23.2 Å². The largest absolute Gasteiger partial charge is 0.464 e. The standard InChI is InChI=1S/C12H16N2O4S/c1-18-12(15)11-8-10(2-5-13-11)14-9-3-6-19(16,17)7-4-9/h2,5,8-9H,3-4,6-7H2,1H3,(H,13,14). The summed E-state index contributed by atoms with van der Waals surface area (Å²) < 4.78 is 27.3. The molecule has 1 aromatic heterocycles. The van der Waals surface area contributed by atoms with Gasteiger partial charge in [-0.25, -0.2) is 18.2 Å². The zero-order chi connectivity index (χ0) is 13.9. The fraction of sp³-hybridized carbons (Fsp3) is 0.500. The number of rotatable bonds is 3. The predicted molar refractivity (Wildman–Crippen MR) is 70.9 cm³/mol. The lowest BCUT2D eigenvalue weighted by atomic mass is 10.1. The molecule has 6 nitrogen and oxygen atoms in total. The molecule has 1 saturated heterocycles. The monoisotopic (exact) mass is 284 g/mol. The number of carbonyl (C=O) groups is 1. The van der Waals surface area contributed by atoms with Crippen LogP contribution >= 0.6 is 0 Å². The third kappa shape index (κ3) is 3.66. The molecule has 1 fully saturated rings. The Hall–Kier alpha value is -1.63. The first-order chi connectivity index (χ1) is 9.00. The SMILES string of the molecule is COC(=O)c1cc(NC2CCS(=O)(=O)CC2)ccn1. The second-order valence-electron chi connectivity index (χ2n) is 4.49. The van der Waals surface area contributed by atoms with Crippen LogP contribution in [-0.2, 0) is 14.6 Å². The summed E-state index contributed by atoms with van der Waals surface area (Å²) in [6.45, 7) is 0. The number of aromatic nitrogens is 1. The van der Waals surface area contributed by atoms with Crippen LogP contribution in [-0.4, -0.2) is 44.0 Å². The van der Waals surface area contributed by atoms with E-state index in [9.17, 15) is 13.2 Å². The summed E-state index contributed by atoms with van der Waals surface area (Å²) in [4.78, 5) is 15.3. The van der Waals surface area contributed by atoms with Gasteiger partial charge in [0.05, 0.1) is 18.6 Å². The zero-order valence-corrected chi connectivity index (χ0v) is 11.4. The third-order valence-corrected chi connectivity index (χ3v) is 4.80. The Balaban J connectivity index is 2.02. The van der Waals surface area contributed by atoms with Crippen molar-refractivity contribution in [2.24, 2.45) is 0 Å². The van der Waals surface area contributed by atoms with E-state index in [0.29, 0.717) is 12.8 Å². The highest BCUT2D eigenvalue weighted by Gasteiger charge is 2.23. The number of esters is 1. The molecule has 1 aliphatic heterocycles. The Morgan fingerprint density at radius 1 is 1.42 bits per heavy atom. The van der Waals surface area contributed by atoms with Crippen molar-refractivity contribution < 1.29 is 17.9 Å². The van der Waals surface area contributed by atoms with Crippen molar-refractivity contribution in [2.75, 3.05) is 23.9 Å². The molecule has 2 rings (SSSR count). The van der Waals surface area contributed by atoms with Crippen LogP contribution < -0.4 is 5.32 Å². The molecular weight excluding hydrogens is 268 g/mol. The van der Waals surface area contributed by atoms with Crippen LogP contribution in [0.15, 0.2) is 18.3 Å². The number of carbonyl (C=O) groups excluding carboxylic acids is 1. The number of nitrogens with one attached hydrogen (secondary N) is 1. The lowest BCUT2D eigenvalue weighted by Crippen LogP contribution is -2.32. The van der Waals surface area contributed by atoms with Crippen molar-refractivity contribution in [1.82, 2.24) is 4.98 Å². The Morgan fingerprint density at radius 2 is 2.11 bits per heavy atom. The van der Waals surface area contributed by atoms with Crippen molar-refractivity contribution >= 4 is 21.5 Å². The summed E-state index contributed by atoms with van der Waals surface area (Å²) in [6, 6.07) is 3.46. The Morgan fingerprint density at radius 3 is 2.74 bits per heavy atom. The second kappa shape index (κ2) is 5.56. The fourth-order valence-corrected chi connectivity index (χ4v) is 3.50. The molecular formula is C12H16N2O4S. The highest BCUT2D eigenvalue weighted by molar-refractivity contribution is 7.91. The molecule has 19 heavy (non-hydrogen) atoms. The molecule has 0 saturated carbocycles. The number of hydrogen-bond donors (Lipinski definition) is 1. The van der Waals surface area contributed by atoms with Gasteiger partial charge in [0, 0.05) is 17.9 Å². The average Bonchev–Trinajstić information content (AvgIpc) is 2.41. The van der Waals surface area contributed by atoms with Crippen LogP contribution in [0.1, 0.15) is 23.3 Å². The molecule has 0 atom stereocenters. The quantitative estimate of drug-likeness (QED) is 0.828. The zero-order valence-electron chi connectivity index (χ0n) is 10.6. The molecule has 0 aromatic carbocycles. The van der Waals surface area contributed by atoms with E-state index in [2.05, 4.69) is 15.0 Å². The van der Waals surface area contributed by atoms with Crippen molar-refractivity contribution in [3.05, 3.63) is 24.0 Å². The summed E-state index contributed by atoms with van der Waals surface area (Å²) in [7, 11) is -1.56. The van der Waals surface area contributed by atoms with Gasteiger partial charge in [-0.05, 0) is 25.0 Å². The summed E-state index contributed by atoms with van der Waals surface area (Å²) >= 11 is 0. The first-order valence-electron chi connectivity index (χ1n) is 6.01. The van der Waals surface area contributed by atoms with Gasteiger partial charge in [-0.1, -0.05) is 0 Å². The van der Waals surface area contributed by atoms with Gasteiger partial charge in [0.2, 0.25) is 0 Å². The highest BCUT2D eigenvalue weighted by Crippen LogP contribution is 2.18. The molecule has 104 valence electrons. The van der Waals surface area contributed by atoms with Gasteiger partial charge in [0.25, 0.3) is 0 Å². The van der Waals surface area contributed by atoms with Crippen LogP contribution in [0.25, 0.3) is 0 Å². The molecule has 2 heterocycles. The summed E-state index contributed by atoms with van der Waals surface area (Å²) in [5, 5.41) is 3.23. The number of hydrogen-bond acceptors (Lipinski definition) is 6. The van der Waals surface area contributed by atoms with Gasteiger partial charge in [-0.3, -0.25) is 0 Å². The molecule has 1 aromatic rings. The Labute approximate surface area is 112 Å². The molecule has 0 unspecified atom stereocenters. The first kappa shape index (κ1) is 13.8.